The Morgan fingerprint density at radius 1 is 1.16 bits per heavy atom. The van der Waals surface area contributed by atoms with Crippen molar-refractivity contribution in [2.45, 2.75) is 0 Å². The number of aromatic nitrogens is 1. The van der Waals surface area contributed by atoms with Crippen LogP contribution in [0.15, 0.2) is 24.5 Å². The Labute approximate surface area is 112 Å². The van der Waals surface area contributed by atoms with E-state index in [0.717, 1.165) is 0 Å². The maximum Gasteiger partial charge on any atom is 0.319 e. The van der Waals surface area contributed by atoms with E-state index in [-0.39, 0.29) is 11.9 Å². The molecule has 1 aromatic rings. The number of urea groups is 1. The van der Waals surface area contributed by atoms with Crippen molar-refractivity contribution in [3.8, 4) is 0 Å². The summed E-state index contributed by atoms with van der Waals surface area (Å²) in [6.07, 6.45) is 3.21. The molecule has 0 aromatic carbocycles. The summed E-state index contributed by atoms with van der Waals surface area (Å²) in [4.78, 5) is 33.0. The lowest BCUT2D eigenvalue weighted by Gasteiger charge is -2.35. The van der Waals surface area contributed by atoms with E-state index < -0.39 is 0 Å². The summed E-state index contributed by atoms with van der Waals surface area (Å²) in [6.45, 7) is 2.27. The highest BCUT2D eigenvalue weighted by Gasteiger charge is 2.25. The van der Waals surface area contributed by atoms with Crippen molar-refractivity contribution in [3.05, 3.63) is 30.1 Å². The van der Waals surface area contributed by atoms with Gasteiger partial charge >= 0.3 is 6.03 Å². The van der Waals surface area contributed by atoms with Crippen LogP contribution in [-0.4, -0.2) is 71.9 Å². The van der Waals surface area contributed by atoms with Gasteiger partial charge in [0.05, 0.1) is 5.56 Å². The molecule has 0 radical (unpaired) electrons. The van der Waals surface area contributed by atoms with Crippen LogP contribution >= 0.6 is 0 Å². The summed E-state index contributed by atoms with van der Waals surface area (Å²) >= 11 is 0. The van der Waals surface area contributed by atoms with E-state index in [0.29, 0.717) is 31.7 Å². The first-order valence-electron chi connectivity index (χ1n) is 6.25. The van der Waals surface area contributed by atoms with Gasteiger partial charge in [-0.05, 0) is 12.1 Å². The highest BCUT2D eigenvalue weighted by molar-refractivity contribution is 5.94. The predicted octanol–water partition coefficient (Wildman–Crippen LogP) is 0.521. The fourth-order valence-electron chi connectivity index (χ4n) is 2.06. The van der Waals surface area contributed by atoms with Crippen LogP contribution in [0.5, 0.6) is 0 Å². The average molecular weight is 262 g/mol. The number of carbonyl (C=O) groups excluding carboxylic acids is 2. The lowest BCUT2D eigenvalue weighted by Crippen LogP contribution is -2.52. The fraction of sp³-hybridized carbons (Fsp3) is 0.462. The Bertz CT molecular complexity index is 453. The standard InChI is InChI=1S/C13H18N4O2/c1-15(2)13(19)17-8-6-16(7-9-17)12(18)11-4-3-5-14-10-11/h3-5,10H,6-9H2,1-2H3. The third-order valence-electron chi connectivity index (χ3n) is 3.13. The zero-order chi connectivity index (χ0) is 13.8. The van der Waals surface area contributed by atoms with Crippen molar-refractivity contribution in [2.75, 3.05) is 40.3 Å². The van der Waals surface area contributed by atoms with Crippen molar-refractivity contribution in [1.29, 1.82) is 0 Å². The predicted molar refractivity (Wildman–Crippen MR) is 70.8 cm³/mol. The molecule has 0 atom stereocenters. The summed E-state index contributed by atoms with van der Waals surface area (Å²) in [5, 5.41) is 0. The molecule has 0 saturated carbocycles. The number of piperazine rings is 1. The van der Waals surface area contributed by atoms with E-state index in [2.05, 4.69) is 4.98 Å². The summed E-state index contributed by atoms with van der Waals surface area (Å²) in [6, 6.07) is 3.50. The molecule has 1 aromatic heterocycles. The molecule has 2 rings (SSSR count). The van der Waals surface area contributed by atoms with Crippen LogP contribution in [0, 0.1) is 0 Å². The highest BCUT2D eigenvalue weighted by Crippen LogP contribution is 2.08. The molecule has 1 aliphatic heterocycles. The minimum absolute atomic E-state index is 0.00604. The number of rotatable bonds is 1. The maximum atomic E-state index is 12.2. The second kappa shape index (κ2) is 5.69. The first-order chi connectivity index (χ1) is 9.09. The molecule has 6 heteroatoms. The SMILES string of the molecule is CN(C)C(=O)N1CCN(C(=O)c2cccnc2)CC1. The number of hydrogen-bond acceptors (Lipinski definition) is 3. The van der Waals surface area contributed by atoms with Crippen molar-refractivity contribution >= 4 is 11.9 Å². The number of amides is 3. The molecular formula is C13H18N4O2. The minimum Gasteiger partial charge on any atom is -0.335 e. The van der Waals surface area contributed by atoms with E-state index in [1.54, 1.807) is 53.3 Å². The monoisotopic (exact) mass is 262 g/mol. The molecule has 1 saturated heterocycles. The molecule has 2 heterocycles. The van der Waals surface area contributed by atoms with Crippen molar-refractivity contribution < 1.29 is 9.59 Å². The van der Waals surface area contributed by atoms with Gasteiger partial charge in [-0.1, -0.05) is 0 Å². The molecule has 0 spiro atoms. The van der Waals surface area contributed by atoms with E-state index in [4.69, 9.17) is 0 Å². The van der Waals surface area contributed by atoms with E-state index in [1.807, 2.05) is 0 Å². The van der Waals surface area contributed by atoms with Gasteiger partial charge in [-0.3, -0.25) is 9.78 Å². The summed E-state index contributed by atoms with van der Waals surface area (Å²) in [7, 11) is 3.46. The number of hydrogen-bond donors (Lipinski definition) is 0. The quantitative estimate of drug-likeness (QED) is 0.741. The molecule has 0 N–H and O–H groups in total. The van der Waals surface area contributed by atoms with Crippen LogP contribution in [0.3, 0.4) is 0 Å². The van der Waals surface area contributed by atoms with Gasteiger partial charge in [0.15, 0.2) is 0 Å². The largest absolute Gasteiger partial charge is 0.335 e. The van der Waals surface area contributed by atoms with Crippen LogP contribution in [0.4, 0.5) is 4.79 Å². The molecule has 6 nitrogen and oxygen atoms in total. The first kappa shape index (κ1) is 13.3. The van der Waals surface area contributed by atoms with E-state index in [1.165, 1.54) is 0 Å². The molecule has 102 valence electrons. The molecule has 3 amide bonds. The second-order valence-electron chi connectivity index (χ2n) is 4.70. The molecule has 1 fully saturated rings. The van der Waals surface area contributed by atoms with Gasteiger partial charge in [-0.25, -0.2) is 4.79 Å². The van der Waals surface area contributed by atoms with Crippen LogP contribution in [-0.2, 0) is 0 Å². The summed E-state index contributed by atoms with van der Waals surface area (Å²) in [5.74, 6) is -0.0231. The number of carbonyl (C=O) groups is 2. The van der Waals surface area contributed by atoms with Gasteiger partial charge in [0.2, 0.25) is 0 Å². The average Bonchev–Trinajstić information content (AvgIpc) is 2.46. The smallest absolute Gasteiger partial charge is 0.319 e. The van der Waals surface area contributed by atoms with Gasteiger partial charge in [-0.15, -0.1) is 0 Å². The number of pyridine rings is 1. The Kier molecular flexibility index (Phi) is 3.99. The Hall–Kier alpha value is -2.11. The van der Waals surface area contributed by atoms with Crippen LogP contribution in [0.25, 0.3) is 0 Å². The lowest BCUT2D eigenvalue weighted by atomic mass is 10.2. The fourth-order valence-corrected chi connectivity index (χ4v) is 2.06. The van der Waals surface area contributed by atoms with Crippen LogP contribution in [0.1, 0.15) is 10.4 Å². The van der Waals surface area contributed by atoms with Gasteiger partial charge < -0.3 is 14.7 Å². The Morgan fingerprint density at radius 3 is 2.32 bits per heavy atom. The van der Waals surface area contributed by atoms with Crippen molar-refractivity contribution in [3.63, 3.8) is 0 Å². The van der Waals surface area contributed by atoms with Crippen LogP contribution < -0.4 is 0 Å². The van der Waals surface area contributed by atoms with E-state index >= 15 is 0 Å². The van der Waals surface area contributed by atoms with Crippen molar-refractivity contribution in [1.82, 2.24) is 19.7 Å². The third-order valence-corrected chi connectivity index (χ3v) is 3.13. The van der Waals surface area contributed by atoms with Gasteiger partial charge in [0, 0.05) is 52.7 Å². The van der Waals surface area contributed by atoms with Gasteiger partial charge in [-0.2, -0.15) is 0 Å². The van der Waals surface area contributed by atoms with E-state index in [9.17, 15) is 9.59 Å². The third kappa shape index (κ3) is 3.01. The normalized spacial score (nSPS) is 15.3. The topological polar surface area (TPSA) is 56.8 Å². The lowest BCUT2D eigenvalue weighted by molar-refractivity contribution is 0.0650. The van der Waals surface area contributed by atoms with Crippen LogP contribution in [0.2, 0.25) is 0 Å². The number of nitrogens with zero attached hydrogens (tertiary/aromatic N) is 4. The molecule has 0 unspecified atom stereocenters. The Balaban J connectivity index is 1.94. The molecule has 1 aliphatic rings. The van der Waals surface area contributed by atoms with Gasteiger partial charge in [0.1, 0.15) is 0 Å². The zero-order valence-corrected chi connectivity index (χ0v) is 11.2. The second-order valence-corrected chi connectivity index (χ2v) is 4.70. The molecule has 0 aliphatic carbocycles. The molecular weight excluding hydrogens is 244 g/mol. The maximum absolute atomic E-state index is 12.2. The summed E-state index contributed by atoms with van der Waals surface area (Å²) < 4.78 is 0. The summed E-state index contributed by atoms with van der Waals surface area (Å²) in [5.41, 5.74) is 0.592. The molecule has 0 bridgehead atoms. The zero-order valence-electron chi connectivity index (χ0n) is 11.2. The first-order valence-corrected chi connectivity index (χ1v) is 6.25. The highest BCUT2D eigenvalue weighted by atomic mass is 16.2. The molecule has 19 heavy (non-hydrogen) atoms. The minimum atomic E-state index is -0.0231. The Morgan fingerprint density at radius 2 is 1.79 bits per heavy atom. The van der Waals surface area contributed by atoms with Crippen molar-refractivity contribution in [2.24, 2.45) is 0 Å². The van der Waals surface area contributed by atoms with Gasteiger partial charge in [0.25, 0.3) is 5.91 Å².